The lowest BCUT2D eigenvalue weighted by atomic mass is 9.80. The highest BCUT2D eigenvalue weighted by atomic mass is 16.5. The van der Waals surface area contributed by atoms with Crippen molar-refractivity contribution in [2.24, 2.45) is 0 Å². The highest BCUT2D eigenvalue weighted by molar-refractivity contribution is 6.23. The van der Waals surface area contributed by atoms with Gasteiger partial charge in [0.25, 0.3) is 0 Å². The zero-order chi connectivity index (χ0) is 36.1. The quantitative estimate of drug-likeness (QED) is 0.0460. The molecule has 0 aliphatic carbocycles. The highest BCUT2D eigenvalue weighted by Crippen LogP contribution is 2.41. The van der Waals surface area contributed by atoms with Crippen molar-refractivity contribution in [2.45, 2.75) is 82.3 Å². The van der Waals surface area contributed by atoms with Crippen molar-refractivity contribution in [2.75, 3.05) is 19.8 Å². The van der Waals surface area contributed by atoms with Gasteiger partial charge in [-0.3, -0.25) is 0 Å². The van der Waals surface area contributed by atoms with Crippen LogP contribution in [0.4, 0.5) is 0 Å². The Labute approximate surface area is 315 Å². The number of hydrogen-bond donors (Lipinski definition) is 1. The third-order valence-electron chi connectivity index (χ3n) is 10.9. The number of benzene rings is 7. The van der Waals surface area contributed by atoms with Crippen LogP contribution in [0.3, 0.4) is 0 Å². The van der Waals surface area contributed by atoms with Crippen LogP contribution in [0.25, 0.3) is 32.3 Å². The van der Waals surface area contributed by atoms with Crippen LogP contribution in [-0.2, 0) is 21.5 Å². The molecule has 1 atom stereocenters. The van der Waals surface area contributed by atoms with E-state index in [4.69, 9.17) is 9.47 Å². The summed E-state index contributed by atoms with van der Waals surface area (Å²) in [5.41, 5.74) is 3.75. The van der Waals surface area contributed by atoms with Gasteiger partial charge in [0, 0.05) is 6.61 Å². The largest absolute Gasteiger partial charge is 0.388 e. The van der Waals surface area contributed by atoms with E-state index in [-0.39, 0.29) is 13.2 Å². The second-order valence-corrected chi connectivity index (χ2v) is 14.7. The van der Waals surface area contributed by atoms with Gasteiger partial charge in [0.2, 0.25) is 0 Å². The van der Waals surface area contributed by atoms with Crippen LogP contribution in [-0.4, -0.2) is 31.0 Å². The summed E-state index contributed by atoms with van der Waals surface area (Å²) in [6.45, 7) is 1.11. The highest BCUT2D eigenvalue weighted by Gasteiger charge is 2.38. The lowest BCUT2D eigenvalue weighted by molar-refractivity contribution is -0.0641. The molecule has 7 rings (SSSR count). The molecule has 0 saturated carbocycles. The monoisotopic (exact) mass is 702 g/mol. The molecule has 7 aromatic carbocycles. The van der Waals surface area contributed by atoms with Crippen molar-refractivity contribution in [1.82, 2.24) is 0 Å². The SMILES string of the molecule is O[C@H](COCCCCCCCCCCCCc1ccc2ccc3cccc4ccc1c2c34)COC(c1ccccc1)(c1ccccc1)c1ccccc1. The second kappa shape index (κ2) is 18.5. The van der Waals surface area contributed by atoms with Crippen LogP contribution in [0.2, 0.25) is 0 Å². The number of unbranched alkanes of at least 4 members (excludes halogenated alkanes) is 9. The first kappa shape index (κ1) is 36.8. The molecule has 3 nitrogen and oxygen atoms in total. The Balaban J connectivity index is 0.764. The summed E-state index contributed by atoms with van der Waals surface area (Å²) in [6.07, 6.45) is 13.1. The molecule has 0 bridgehead atoms. The number of ether oxygens (including phenoxy) is 2. The molecule has 0 spiro atoms. The number of rotatable bonds is 21. The third-order valence-corrected chi connectivity index (χ3v) is 10.9. The standard InChI is InChI=1S/C50H54O3/c51-46(38-53-50(43-24-13-9-14-25-43,44-26-15-10-16-27-44)45-28-17-11-18-29-45)37-52-36-19-8-6-4-2-1-3-5-7-12-21-39-30-31-42-33-32-40-22-20-23-41-34-35-47(39)49(42)48(40)41/h9-11,13-18,20,22-35,46,51H,1-8,12,19,21,36-38H2/t46-/m1/s1. The smallest absolute Gasteiger partial charge is 0.143 e. The summed E-state index contributed by atoms with van der Waals surface area (Å²) < 4.78 is 12.7. The molecular formula is C50H54O3. The van der Waals surface area contributed by atoms with Gasteiger partial charge in [0.15, 0.2) is 0 Å². The Morgan fingerprint density at radius 2 is 0.906 bits per heavy atom. The van der Waals surface area contributed by atoms with Crippen molar-refractivity contribution in [1.29, 1.82) is 0 Å². The predicted octanol–water partition coefficient (Wildman–Crippen LogP) is 12.4. The van der Waals surface area contributed by atoms with Crippen LogP contribution in [0, 0.1) is 0 Å². The Morgan fingerprint density at radius 1 is 0.434 bits per heavy atom. The first-order valence-corrected chi connectivity index (χ1v) is 20.0. The van der Waals surface area contributed by atoms with E-state index in [9.17, 15) is 5.11 Å². The normalized spacial score (nSPS) is 12.6. The molecule has 0 amide bonds. The molecule has 272 valence electrons. The molecule has 1 N–H and O–H groups in total. The number of aliphatic hydroxyl groups is 1. The molecule has 53 heavy (non-hydrogen) atoms. The third kappa shape index (κ3) is 8.82. The molecule has 0 saturated heterocycles. The summed E-state index contributed by atoms with van der Waals surface area (Å²) >= 11 is 0. The van der Waals surface area contributed by atoms with Gasteiger partial charge in [-0.1, -0.05) is 197 Å². The molecule has 3 heteroatoms. The lowest BCUT2D eigenvalue weighted by Crippen LogP contribution is -2.36. The van der Waals surface area contributed by atoms with E-state index in [1.807, 2.05) is 54.6 Å². The van der Waals surface area contributed by atoms with Crippen LogP contribution in [0.15, 0.2) is 146 Å². The first-order valence-electron chi connectivity index (χ1n) is 20.0. The van der Waals surface area contributed by atoms with E-state index in [0.717, 1.165) is 29.5 Å². The molecule has 0 heterocycles. The minimum atomic E-state index is -0.836. The van der Waals surface area contributed by atoms with E-state index >= 15 is 0 Å². The van der Waals surface area contributed by atoms with Gasteiger partial charge in [-0.05, 0) is 73.8 Å². The van der Waals surface area contributed by atoms with E-state index in [1.165, 1.54) is 95.7 Å². The molecule has 0 unspecified atom stereocenters. The van der Waals surface area contributed by atoms with Gasteiger partial charge in [0.1, 0.15) is 11.7 Å². The van der Waals surface area contributed by atoms with Crippen molar-refractivity contribution >= 4 is 32.3 Å². The van der Waals surface area contributed by atoms with Crippen LogP contribution < -0.4 is 0 Å². The van der Waals surface area contributed by atoms with Crippen LogP contribution in [0.5, 0.6) is 0 Å². The molecule has 0 aliphatic rings. The molecule has 0 radical (unpaired) electrons. The average molecular weight is 703 g/mol. The van der Waals surface area contributed by atoms with Crippen LogP contribution in [0.1, 0.15) is 86.5 Å². The van der Waals surface area contributed by atoms with E-state index in [0.29, 0.717) is 6.61 Å². The molecule has 7 aromatic rings. The van der Waals surface area contributed by atoms with Gasteiger partial charge >= 0.3 is 0 Å². The maximum Gasteiger partial charge on any atom is 0.143 e. The first-order chi connectivity index (χ1) is 26.2. The fourth-order valence-corrected chi connectivity index (χ4v) is 8.20. The van der Waals surface area contributed by atoms with Crippen molar-refractivity contribution in [3.8, 4) is 0 Å². The number of hydrogen-bond acceptors (Lipinski definition) is 3. The zero-order valence-corrected chi connectivity index (χ0v) is 31.1. The maximum atomic E-state index is 10.9. The Morgan fingerprint density at radius 3 is 1.47 bits per heavy atom. The molecule has 0 aromatic heterocycles. The lowest BCUT2D eigenvalue weighted by Gasteiger charge is -2.36. The van der Waals surface area contributed by atoms with E-state index in [1.54, 1.807) is 0 Å². The number of aliphatic hydroxyl groups excluding tert-OH is 1. The molecular weight excluding hydrogens is 649 g/mol. The van der Waals surface area contributed by atoms with Crippen molar-refractivity contribution in [3.05, 3.63) is 168 Å². The van der Waals surface area contributed by atoms with Gasteiger partial charge < -0.3 is 14.6 Å². The fraction of sp³-hybridized carbons (Fsp3) is 0.320. The average Bonchev–Trinajstić information content (AvgIpc) is 3.22. The summed E-state index contributed by atoms with van der Waals surface area (Å²) in [4.78, 5) is 0. The van der Waals surface area contributed by atoms with E-state index in [2.05, 4.69) is 91.0 Å². The summed E-state index contributed by atoms with van der Waals surface area (Å²) in [5, 5.41) is 19.3. The van der Waals surface area contributed by atoms with Crippen LogP contribution >= 0.6 is 0 Å². The molecule has 0 aliphatic heterocycles. The molecule has 0 fully saturated rings. The minimum absolute atomic E-state index is 0.165. The number of aryl methyl sites for hydroxylation is 1. The topological polar surface area (TPSA) is 38.7 Å². The van der Waals surface area contributed by atoms with Crippen molar-refractivity contribution < 1.29 is 14.6 Å². The van der Waals surface area contributed by atoms with Gasteiger partial charge in [-0.15, -0.1) is 0 Å². The Bertz CT molecular complexity index is 2000. The summed E-state index contributed by atoms with van der Waals surface area (Å²) in [5.74, 6) is 0. The zero-order valence-electron chi connectivity index (χ0n) is 31.1. The van der Waals surface area contributed by atoms with Gasteiger partial charge in [0.05, 0.1) is 13.2 Å². The van der Waals surface area contributed by atoms with Gasteiger partial charge in [-0.25, -0.2) is 0 Å². The second-order valence-electron chi connectivity index (χ2n) is 14.7. The fourth-order valence-electron chi connectivity index (χ4n) is 8.20. The predicted molar refractivity (Wildman–Crippen MR) is 222 cm³/mol. The van der Waals surface area contributed by atoms with Crippen molar-refractivity contribution in [3.63, 3.8) is 0 Å². The Kier molecular flexibility index (Phi) is 12.8. The Hall–Kier alpha value is -4.54. The van der Waals surface area contributed by atoms with E-state index < -0.39 is 11.7 Å². The summed E-state index contributed by atoms with van der Waals surface area (Å²) in [7, 11) is 0. The van der Waals surface area contributed by atoms with Gasteiger partial charge in [-0.2, -0.15) is 0 Å². The summed E-state index contributed by atoms with van der Waals surface area (Å²) in [6, 6.07) is 51.4. The maximum absolute atomic E-state index is 10.9. The minimum Gasteiger partial charge on any atom is -0.388 e.